The number of nitrogens with zero attached hydrogens (tertiary/aromatic N) is 2. The summed E-state index contributed by atoms with van der Waals surface area (Å²) in [5.41, 5.74) is 3.72. The number of fused-ring (bicyclic) bond motifs is 2. The molecule has 4 atom stereocenters. The molecule has 1 amide bonds. The number of anilines is 1. The minimum Gasteiger partial charge on any atom is -0.491 e. The zero-order chi connectivity index (χ0) is 28.6. The van der Waals surface area contributed by atoms with Gasteiger partial charge in [-0.15, -0.1) is 0 Å². The summed E-state index contributed by atoms with van der Waals surface area (Å²) < 4.78 is 29.1. The number of aryl methyl sites for hydroxylation is 1. The summed E-state index contributed by atoms with van der Waals surface area (Å²) in [6, 6.07) is 11.6. The maximum Gasteiger partial charge on any atom is 0.254 e. The van der Waals surface area contributed by atoms with Crippen molar-refractivity contribution < 1.29 is 18.5 Å². The lowest BCUT2D eigenvalue weighted by molar-refractivity contribution is 0.0639. The average Bonchev–Trinajstić information content (AvgIpc) is 2.95. The van der Waals surface area contributed by atoms with E-state index < -0.39 is 16.5 Å². The molecule has 0 unspecified atom stereocenters. The van der Waals surface area contributed by atoms with Crippen LogP contribution in [0, 0.1) is 17.8 Å². The first-order valence-corrected chi connectivity index (χ1v) is 16.1. The molecule has 2 aliphatic rings. The van der Waals surface area contributed by atoms with Crippen molar-refractivity contribution in [3.63, 3.8) is 0 Å². The number of rotatable bonds is 2. The maximum atomic E-state index is 13.2. The first-order valence-electron chi connectivity index (χ1n) is 14.4. The van der Waals surface area contributed by atoms with E-state index in [-0.39, 0.29) is 23.9 Å². The van der Waals surface area contributed by atoms with Gasteiger partial charge in [-0.3, -0.25) is 4.79 Å². The van der Waals surface area contributed by atoms with E-state index in [1.807, 2.05) is 25.1 Å². The van der Waals surface area contributed by atoms with Gasteiger partial charge in [0.05, 0.1) is 18.4 Å². The van der Waals surface area contributed by atoms with E-state index in [0.717, 1.165) is 55.1 Å². The van der Waals surface area contributed by atoms with Gasteiger partial charge in [-0.1, -0.05) is 68.7 Å². The number of carbonyl (C=O) groups is 1. The van der Waals surface area contributed by atoms with E-state index >= 15 is 0 Å². The lowest BCUT2D eigenvalue weighted by Crippen LogP contribution is -2.36. The molecule has 0 fully saturated rings. The van der Waals surface area contributed by atoms with Crippen LogP contribution < -0.4 is 9.64 Å². The second-order valence-electron chi connectivity index (χ2n) is 11.2. The Labute approximate surface area is 246 Å². The molecule has 40 heavy (non-hydrogen) atoms. The third-order valence-electron chi connectivity index (χ3n) is 8.05. The molecule has 0 radical (unpaired) electrons. The molecule has 218 valence electrons. The van der Waals surface area contributed by atoms with E-state index in [0.29, 0.717) is 24.5 Å². The van der Waals surface area contributed by atoms with Gasteiger partial charge in [0.15, 0.2) is 0 Å². The number of hydrogen-bond donors (Lipinski definition) is 0. The first kappa shape index (κ1) is 30.6. The Morgan fingerprint density at radius 1 is 1.15 bits per heavy atom. The Hall–Kier alpha value is -2.35. The standard InChI is InChI=1S/C32H42ClN2O4S/c1-5-28-23(3)19-35-20-26-12-14-27(33)17-24(26)10-6-7-16-39-31-15-13-25(18-29(31)35)32(36)34-40(37)21-22(2)9-8-11-30(28)38-4/h8,11-15,17-18,22-23,28,30H,5-7,9-10,16,19-21H2,1-4H3/q-1/b11-8+/t22-,23-,28+,30-/m0/s1. The van der Waals surface area contributed by atoms with Crippen LogP contribution in [-0.4, -0.2) is 38.0 Å². The van der Waals surface area contributed by atoms with E-state index in [2.05, 4.69) is 47.4 Å². The molecule has 2 heterocycles. The van der Waals surface area contributed by atoms with Gasteiger partial charge in [-0.05, 0) is 79.0 Å². The zero-order valence-electron chi connectivity index (χ0n) is 24.1. The Bertz CT molecular complexity index is 1290. The highest BCUT2D eigenvalue weighted by Gasteiger charge is 2.28. The summed E-state index contributed by atoms with van der Waals surface area (Å²) in [6.07, 6.45) is 8.80. The number of halogens is 1. The molecular formula is C32H42ClN2O4S-. The van der Waals surface area contributed by atoms with Gasteiger partial charge < -0.3 is 22.9 Å². The molecule has 8 heteroatoms. The predicted octanol–water partition coefficient (Wildman–Crippen LogP) is 7.62. The van der Waals surface area contributed by atoms with Crippen LogP contribution in [0.4, 0.5) is 5.69 Å². The Balaban J connectivity index is 1.85. The number of allylic oxidation sites excluding steroid dienone is 1. The molecule has 2 aromatic carbocycles. The summed E-state index contributed by atoms with van der Waals surface area (Å²) in [6.45, 7) is 8.50. The average molecular weight is 586 g/mol. The molecule has 2 bridgehead atoms. The number of amides is 1. The summed E-state index contributed by atoms with van der Waals surface area (Å²) in [5.74, 6) is 1.30. The van der Waals surface area contributed by atoms with E-state index in [1.165, 1.54) is 11.1 Å². The molecule has 0 N–H and O–H groups in total. The third kappa shape index (κ3) is 7.89. The van der Waals surface area contributed by atoms with Crippen molar-refractivity contribution in [3.8, 4) is 5.75 Å². The molecule has 2 aromatic rings. The van der Waals surface area contributed by atoms with Crippen LogP contribution in [0.2, 0.25) is 5.02 Å². The normalized spacial score (nSPS) is 26.1. The maximum absolute atomic E-state index is 13.2. The van der Waals surface area contributed by atoms with Crippen molar-refractivity contribution in [1.82, 2.24) is 0 Å². The lowest BCUT2D eigenvalue weighted by atomic mass is 9.85. The molecule has 0 spiro atoms. The Morgan fingerprint density at radius 2 is 1.98 bits per heavy atom. The van der Waals surface area contributed by atoms with Crippen molar-refractivity contribution in [2.75, 3.05) is 30.9 Å². The topological polar surface area (TPSA) is 68.2 Å². The second-order valence-corrected chi connectivity index (χ2v) is 12.8. The minimum atomic E-state index is -1.60. The monoisotopic (exact) mass is 585 g/mol. The molecule has 2 aliphatic heterocycles. The molecule has 4 rings (SSSR count). The van der Waals surface area contributed by atoms with Gasteiger partial charge in [0.1, 0.15) is 5.75 Å². The summed E-state index contributed by atoms with van der Waals surface area (Å²) in [4.78, 5) is 15.5. The summed E-state index contributed by atoms with van der Waals surface area (Å²) in [5, 5.41) is 0.740. The quantitative estimate of drug-likeness (QED) is 0.268. The molecule has 6 nitrogen and oxygen atoms in total. The largest absolute Gasteiger partial charge is 0.491 e. The van der Waals surface area contributed by atoms with Crippen LogP contribution in [0.3, 0.4) is 0 Å². The van der Waals surface area contributed by atoms with Gasteiger partial charge in [0.2, 0.25) is 0 Å². The molecule has 0 saturated heterocycles. The number of methoxy groups -OCH3 is 1. The fourth-order valence-electron chi connectivity index (χ4n) is 5.83. The van der Waals surface area contributed by atoms with E-state index in [9.17, 15) is 9.00 Å². The summed E-state index contributed by atoms with van der Waals surface area (Å²) >= 11 is 6.41. The van der Waals surface area contributed by atoms with Crippen molar-refractivity contribution in [2.45, 2.75) is 65.5 Å². The number of hydrogen-bond acceptors (Lipinski definition) is 6. The van der Waals surface area contributed by atoms with Crippen molar-refractivity contribution in [3.05, 3.63) is 70.3 Å². The predicted molar refractivity (Wildman–Crippen MR) is 164 cm³/mol. The van der Waals surface area contributed by atoms with Crippen LogP contribution >= 0.6 is 11.6 Å². The highest BCUT2D eigenvalue weighted by atomic mass is 35.5. The summed E-state index contributed by atoms with van der Waals surface area (Å²) in [7, 11) is 0.170. The van der Waals surface area contributed by atoms with E-state index in [4.69, 9.17) is 21.1 Å². The smallest absolute Gasteiger partial charge is 0.254 e. The highest BCUT2D eigenvalue weighted by molar-refractivity contribution is 7.75. The Morgan fingerprint density at radius 3 is 2.75 bits per heavy atom. The van der Waals surface area contributed by atoms with Gasteiger partial charge in [0, 0.05) is 30.8 Å². The zero-order valence-corrected chi connectivity index (χ0v) is 25.7. The SMILES string of the molecule is CC[C@H]1[C@@H](OC)/C=C/C[C@H](C)C[S-](=O)=NC(=O)c2ccc3c(c2)N(Cc2ccc(Cl)cc2CCCCO3)C[C@@H]1C. The highest BCUT2D eigenvalue weighted by Crippen LogP contribution is 2.35. The van der Waals surface area contributed by atoms with Crippen LogP contribution in [0.15, 0.2) is 52.9 Å². The fourth-order valence-corrected chi connectivity index (χ4v) is 7.01. The number of benzene rings is 2. The molecule has 0 aliphatic carbocycles. The van der Waals surface area contributed by atoms with Gasteiger partial charge in [-0.25, -0.2) is 0 Å². The van der Waals surface area contributed by atoms with Crippen molar-refractivity contribution in [1.29, 1.82) is 0 Å². The van der Waals surface area contributed by atoms with Crippen molar-refractivity contribution in [2.24, 2.45) is 22.1 Å². The van der Waals surface area contributed by atoms with Crippen LogP contribution in [-0.2, 0) is 32.5 Å². The minimum absolute atomic E-state index is 0.0334. The first-order chi connectivity index (χ1) is 19.3. The van der Waals surface area contributed by atoms with Crippen LogP contribution in [0.5, 0.6) is 5.75 Å². The van der Waals surface area contributed by atoms with Crippen molar-refractivity contribution >= 4 is 33.8 Å². The van der Waals surface area contributed by atoms with Gasteiger partial charge >= 0.3 is 0 Å². The fraction of sp³-hybridized carbons (Fsp3) is 0.531. The van der Waals surface area contributed by atoms with Gasteiger partial charge in [0.25, 0.3) is 5.91 Å². The van der Waals surface area contributed by atoms with Crippen LogP contribution in [0.1, 0.15) is 67.9 Å². The second kappa shape index (κ2) is 14.5. The molecule has 0 saturated carbocycles. The number of carbonyl (C=O) groups excluding carboxylic acids is 1. The molecule has 0 aromatic heterocycles. The van der Waals surface area contributed by atoms with E-state index in [1.54, 1.807) is 13.2 Å². The van der Waals surface area contributed by atoms with Crippen LogP contribution in [0.25, 0.3) is 0 Å². The third-order valence-corrected chi connectivity index (χ3v) is 9.51. The van der Waals surface area contributed by atoms with Gasteiger partial charge in [-0.2, -0.15) is 10.6 Å². The lowest BCUT2D eigenvalue weighted by Gasteiger charge is -2.35. The number of ether oxygens (including phenoxy) is 2. The Kier molecular flexibility index (Phi) is 11.1. The molecular weight excluding hydrogens is 544 g/mol.